The van der Waals surface area contributed by atoms with Crippen molar-refractivity contribution in [1.29, 1.82) is 0 Å². The average Bonchev–Trinajstić information content (AvgIpc) is 2.93. The molecule has 3 aromatic heterocycles. The van der Waals surface area contributed by atoms with Crippen molar-refractivity contribution >= 4 is 51.0 Å². The Balaban J connectivity index is 2.15. The Morgan fingerprint density at radius 3 is 2.82 bits per heavy atom. The Hall–Kier alpha value is -1.80. The van der Waals surface area contributed by atoms with Crippen LogP contribution in [0.25, 0.3) is 28.2 Å². The number of hydrogen-bond donors (Lipinski definition) is 0. The summed E-state index contributed by atoms with van der Waals surface area (Å²) in [5.74, 6) is 0.672. The molecular weight excluding hydrogens is 413 g/mol. The van der Waals surface area contributed by atoms with Crippen LogP contribution in [0.5, 0.6) is 0 Å². The molecule has 108 valence electrons. The summed E-state index contributed by atoms with van der Waals surface area (Å²) in [5.41, 5.74) is 3.84. The van der Waals surface area contributed by atoms with Gasteiger partial charge in [-0.2, -0.15) is 0 Å². The summed E-state index contributed by atoms with van der Waals surface area (Å²) in [4.78, 5) is 8.96. The molecule has 0 atom stereocenters. The van der Waals surface area contributed by atoms with E-state index in [-0.39, 0.29) is 0 Å². The maximum atomic E-state index is 6.39. The predicted octanol–water partition coefficient (Wildman–Crippen LogP) is 3.91. The number of aryl methyl sites for hydroxylation is 1. The molecule has 4 rings (SSSR count). The monoisotopic (exact) mass is 421 g/mol. The van der Waals surface area contributed by atoms with Gasteiger partial charge in [-0.1, -0.05) is 11.6 Å². The Kier molecular flexibility index (Phi) is 3.23. The van der Waals surface area contributed by atoms with E-state index in [1.54, 1.807) is 6.20 Å². The van der Waals surface area contributed by atoms with Gasteiger partial charge >= 0.3 is 0 Å². The molecule has 0 saturated carbocycles. The Labute approximate surface area is 144 Å². The first-order chi connectivity index (χ1) is 10.6. The fourth-order valence-corrected chi connectivity index (χ4v) is 3.38. The Bertz CT molecular complexity index is 1030. The van der Waals surface area contributed by atoms with Crippen LogP contribution >= 0.6 is 34.2 Å². The summed E-state index contributed by atoms with van der Waals surface area (Å²) in [6.45, 7) is 1.91. The summed E-state index contributed by atoms with van der Waals surface area (Å²) in [5, 5.41) is 9.21. The summed E-state index contributed by atoms with van der Waals surface area (Å²) >= 11 is 8.62. The van der Waals surface area contributed by atoms with E-state index < -0.39 is 0 Å². The lowest BCUT2D eigenvalue weighted by Gasteiger charge is -2.07. The van der Waals surface area contributed by atoms with Gasteiger partial charge in [-0.05, 0) is 59.8 Å². The van der Waals surface area contributed by atoms with Crippen LogP contribution < -0.4 is 0 Å². The molecule has 0 radical (unpaired) electrons. The van der Waals surface area contributed by atoms with Gasteiger partial charge in [0, 0.05) is 15.3 Å². The lowest BCUT2D eigenvalue weighted by molar-refractivity contribution is 1.11. The number of aromatic nitrogens is 5. The van der Waals surface area contributed by atoms with Gasteiger partial charge in [-0.25, -0.2) is 9.97 Å². The third-order valence-corrected chi connectivity index (χ3v) is 4.41. The van der Waals surface area contributed by atoms with E-state index in [9.17, 15) is 0 Å². The van der Waals surface area contributed by atoms with Gasteiger partial charge in [0.25, 0.3) is 0 Å². The Morgan fingerprint density at radius 2 is 2.00 bits per heavy atom. The molecule has 0 aliphatic carbocycles. The molecule has 5 nitrogen and oxygen atoms in total. The number of hydrogen-bond acceptors (Lipinski definition) is 4. The molecule has 22 heavy (non-hydrogen) atoms. The number of benzene rings is 1. The van der Waals surface area contributed by atoms with Crippen molar-refractivity contribution in [3.8, 4) is 11.4 Å². The molecule has 4 aromatic rings. The third-order valence-electron chi connectivity index (χ3n) is 3.42. The molecule has 0 saturated heterocycles. The standard InChI is InChI=1S/C15H9ClIN5/c1-8-13-20-21-14(10-5-4-9(17)7-11(10)16)22(13)15-12(19-8)3-2-6-18-15/h2-7H,1H3. The minimum Gasteiger partial charge on any atom is -0.255 e. The second kappa shape index (κ2) is 5.13. The molecule has 7 heteroatoms. The molecule has 0 aliphatic rings. The zero-order chi connectivity index (χ0) is 15.3. The minimum absolute atomic E-state index is 0.639. The van der Waals surface area contributed by atoms with Crippen LogP contribution in [0.2, 0.25) is 5.02 Å². The zero-order valence-corrected chi connectivity index (χ0v) is 14.4. The van der Waals surface area contributed by atoms with Gasteiger partial charge < -0.3 is 0 Å². The Morgan fingerprint density at radius 1 is 1.14 bits per heavy atom. The molecule has 0 unspecified atom stereocenters. The van der Waals surface area contributed by atoms with Gasteiger partial charge in [0.05, 0.1) is 10.7 Å². The first-order valence-corrected chi connectivity index (χ1v) is 8.03. The van der Waals surface area contributed by atoms with Crippen LogP contribution in [-0.4, -0.2) is 24.6 Å². The maximum absolute atomic E-state index is 6.39. The summed E-state index contributed by atoms with van der Waals surface area (Å²) in [6, 6.07) is 9.64. The zero-order valence-electron chi connectivity index (χ0n) is 11.5. The van der Waals surface area contributed by atoms with E-state index in [4.69, 9.17) is 11.6 Å². The van der Waals surface area contributed by atoms with Crippen molar-refractivity contribution in [2.45, 2.75) is 6.92 Å². The van der Waals surface area contributed by atoms with Crippen LogP contribution in [0.15, 0.2) is 36.5 Å². The van der Waals surface area contributed by atoms with E-state index in [1.165, 1.54) is 0 Å². The largest absolute Gasteiger partial charge is 0.255 e. The van der Waals surface area contributed by atoms with Crippen LogP contribution in [-0.2, 0) is 0 Å². The molecule has 3 heterocycles. The maximum Gasteiger partial charge on any atom is 0.184 e. The molecular formula is C15H9ClIN5. The number of nitrogens with zero attached hydrogens (tertiary/aromatic N) is 5. The number of halogens is 2. The van der Waals surface area contributed by atoms with Gasteiger partial charge in [0.2, 0.25) is 0 Å². The van der Waals surface area contributed by atoms with Crippen molar-refractivity contribution in [2.24, 2.45) is 0 Å². The molecule has 0 amide bonds. The van der Waals surface area contributed by atoms with Crippen molar-refractivity contribution < 1.29 is 0 Å². The van der Waals surface area contributed by atoms with E-state index in [0.717, 1.165) is 26.0 Å². The van der Waals surface area contributed by atoms with Crippen molar-refractivity contribution in [1.82, 2.24) is 24.6 Å². The molecule has 0 fully saturated rings. The lowest BCUT2D eigenvalue weighted by atomic mass is 10.2. The van der Waals surface area contributed by atoms with Crippen molar-refractivity contribution in [2.75, 3.05) is 0 Å². The second-order valence-electron chi connectivity index (χ2n) is 4.85. The first kappa shape index (κ1) is 13.8. The molecule has 1 aromatic carbocycles. The van der Waals surface area contributed by atoms with E-state index >= 15 is 0 Å². The summed E-state index contributed by atoms with van der Waals surface area (Å²) < 4.78 is 2.98. The highest BCUT2D eigenvalue weighted by atomic mass is 127. The first-order valence-electron chi connectivity index (χ1n) is 6.57. The van der Waals surface area contributed by atoms with Crippen molar-refractivity contribution in [3.63, 3.8) is 0 Å². The topological polar surface area (TPSA) is 56.0 Å². The van der Waals surface area contributed by atoms with E-state index in [2.05, 4.69) is 42.8 Å². The van der Waals surface area contributed by atoms with E-state index in [1.807, 2.05) is 41.7 Å². The minimum atomic E-state index is 0.639. The smallest absolute Gasteiger partial charge is 0.184 e. The fraction of sp³-hybridized carbons (Fsp3) is 0.0667. The number of pyridine rings is 1. The quantitative estimate of drug-likeness (QED) is 0.437. The molecule has 0 bridgehead atoms. The average molecular weight is 422 g/mol. The normalized spacial score (nSPS) is 11.4. The van der Waals surface area contributed by atoms with Crippen LogP contribution in [0.4, 0.5) is 0 Å². The highest BCUT2D eigenvalue weighted by Gasteiger charge is 2.16. The predicted molar refractivity (Wildman–Crippen MR) is 94.0 cm³/mol. The number of rotatable bonds is 1. The van der Waals surface area contributed by atoms with Crippen molar-refractivity contribution in [3.05, 3.63) is 50.8 Å². The molecule has 0 aliphatic heterocycles. The lowest BCUT2D eigenvalue weighted by Crippen LogP contribution is -1.99. The van der Waals surface area contributed by atoms with Crippen LogP contribution in [0, 0.1) is 10.5 Å². The van der Waals surface area contributed by atoms with Crippen LogP contribution in [0.1, 0.15) is 5.69 Å². The molecule has 0 N–H and O–H groups in total. The summed E-state index contributed by atoms with van der Waals surface area (Å²) in [7, 11) is 0. The fourth-order valence-electron chi connectivity index (χ4n) is 2.44. The second-order valence-corrected chi connectivity index (χ2v) is 6.50. The van der Waals surface area contributed by atoms with Gasteiger partial charge in [-0.3, -0.25) is 4.40 Å². The van der Waals surface area contributed by atoms with Gasteiger partial charge in [0.1, 0.15) is 5.52 Å². The summed E-state index contributed by atoms with van der Waals surface area (Å²) in [6.07, 6.45) is 1.73. The van der Waals surface area contributed by atoms with E-state index in [0.29, 0.717) is 16.5 Å². The highest BCUT2D eigenvalue weighted by Crippen LogP contribution is 2.30. The number of fused-ring (bicyclic) bond motifs is 3. The molecule has 0 spiro atoms. The van der Waals surface area contributed by atoms with Gasteiger partial charge in [-0.15, -0.1) is 10.2 Å². The van der Waals surface area contributed by atoms with Gasteiger partial charge in [0.15, 0.2) is 17.1 Å². The SMILES string of the molecule is Cc1nc2cccnc2n2c(-c3ccc(I)cc3Cl)nnc12. The van der Waals surface area contributed by atoms with Crippen LogP contribution in [0.3, 0.4) is 0 Å². The third kappa shape index (κ3) is 2.05. The highest BCUT2D eigenvalue weighted by molar-refractivity contribution is 14.1.